The highest BCUT2D eigenvalue weighted by molar-refractivity contribution is 7.99. The molecule has 3 aromatic rings. The molecule has 0 aliphatic heterocycles. The molecule has 0 atom stereocenters. The van der Waals surface area contributed by atoms with E-state index in [2.05, 4.69) is 18.2 Å². The minimum absolute atomic E-state index is 0.660. The van der Waals surface area contributed by atoms with Crippen molar-refractivity contribution in [2.24, 2.45) is 5.92 Å². The maximum absolute atomic E-state index is 9.98. The minimum Gasteiger partial charge on any atom is -0.240 e. The number of aromatic nitrogens is 1. The lowest BCUT2D eigenvalue weighted by molar-refractivity contribution is 0.391. The standard InChI is InChI=1S/C25H23ClN2S/c26-21-13-11-19(12-14-21)22-15-24(20-9-5-2-6-10-20)28-25(23(22)16-27)29-17-18-7-3-1-4-8-18/h2,5-6,9-15,18H,1,3-4,7-8,17H2. The average Bonchev–Trinajstić information content (AvgIpc) is 2.79. The molecule has 2 nitrogen and oxygen atoms in total. The summed E-state index contributed by atoms with van der Waals surface area (Å²) in [5.41, 5.74) is 4.54. The molecule has 0 amide bonds. The molecule has 146 valence electrons. The van der Waals surface area contributed by atoms with Crippen LogP contribution < -0.4 is 0 Å². The third-order valence-electron chi connectivity index (χ3n) is 5.50. The maximum Gasteiger partial charge on any atom is 0.115 e. The molecule has 1 aromatic heterocycles. The predicted molar refractivity (Wildman–Crippen MR) is 122 cm³/mol. The van der Waals surface area contributed by atoms with Crippen LogP contribution in [0.2, 0.25) is 5.02 Å². The molecule has 1 aliphatic rings. The third kappa shape index (κ3) is 4.83. The molecule has 0 saturated heterocycles. The minimum atomic E-state index is 0.660. The Morgan fingerprint density at radius 3 is 2.38 bits per heavy atom. The fourth-order valence-electron chi connectivity index (χ4n) is 3.90. The van der Waals surface area contributed by atoms with Gasteiger partial charge in [0.1, 0.15) is 11.1 Å². The number of hydrogen-bond acceptors (Lipinski definition) is 3. The average molecular weight is 419 g/mol. The van der Waals surface area contributed by atoms with Gasteiger partial charge in [-0.25, -0.2) is 4.98 Å². The normalized spacial score (nSPS) is 14.5. The molecule has 0 spiro atoms. The van der Waals surface area contributed by atoms with Crippen molar-refractivity contribution in [3.63, 3.8) is 0 Å². The van der Waals surface area contributed by atoms with Gasteiger partial charge >= 0.3 is 0 Å². The van der Waals surface area contributed by atoms with Crippen LogP contribution in [0.5, 0.6) is 0 Å². The first-order chi connectivity index (χ1) is 14.2. The zero-order chi connectivity index (χ0) is 20.1. The lowest BCUT2D eigenvalue weighted by Gasteiger charge is -2.21. The molecular weight excluding hydrogens is 396 g/mol. The molecule has 29 heavy (non-hydrogen) atoms. The highest BCUT2D eigenvalue weighted by atomic mass is 35.5. The van der Waals surface area contributed by atoms with E-state index in [1.807, 2.05) is 48.5 Å². The Morgan fingerprint density at radius 1 is 0.966 bits per heavy atom. The Balaban J connectivity index is 1.76. The van der Waals surface area contributed by atoms with Crippen molar-refractivity contribution in [1.29, 1.82) is 5.26 Å². The monoisotopic (exact) mass is 418 g/mol. The lowest BCUT2D eigenvalue weighted by atomic mass is 9.91. The summed E-state index contributed by atoms with van der Waals surface area (Å²) in [5, 5.41) is 11.5. The fraction of sp³-hybridized carbons (Fsp3) is 0.280. The van der Waals surface area contributed by atoms with Crippen LogP contribution in [-0.4, -0.2) is 10.7 Å². The molecule has 0 radical (unpaired) electrons. The van der Waals surface area contributed by atoms with Crippen molar-refractivity contribution in [1.82, 2.24) is 4.98 Å². The van der Waals surface area contributed by atoms with Gasteiger partial charge in [-0.1, -0.05) is 73.3 Å². The zero-order valence-electron chi connectivity index (χ0n) is 16.3. The van der Waals surface area contributed by atoms with Gasteiger partial charge in [0.2, 0.25) is 0 Å². The molecule has 1 aliphatic carbocycles. The zero-order valence-corrected chi connectivity index (χ0v) is 17.8. The summed E-state index contributed by atoms with van der Waals surface area (Å²) in [5.74, 6) is 1.75. The van der Waals surface area contributed by atoms with Gasteiger partial charge in [-0.15, -0.1) is 11.8 Å². The van der Waals surface area contributed by atoms with Crippen molar-refractivity contribution < 1.29 is 0 Å². The second-order valence-electron chi connectivity index (χ2n) is 7.53. The molecular formula is C25H23ClN2S. The highest BCUT2D eigenvalue weighted by Gasteiger charge is 2.19. The van der Waals surface area contributed by atoms with E-state index in [0.717, 1.165) is 39.1 Å². The van der Waals surface area contributed by atoms with Gasteiger partial charge in [0.25, 0.3) is 0 Å². The number of halogens is 1. The van der Waals surface area contributed by atoms with E-state index in [4.69, 9.17) is 16.6 Å². The van der Waals surface area contributed by atoms with E-state index in [9.17, 15) is 5.26 Å². The molecule has 1 fully saturated rings. The Labute approximate surface area is 181 Å². The number of nitriles is 1. The van der Waals surface area contributed by atoms with E-state index in [1.54, 1.807) is 11.8 Å². The molecule has 4 rings (SSSR count). The van der Waals surface area contributed by atoms with Crippen molar-refractivity contribution in [2.75, 3.05) is 5.75 Å². The van der Waals surface area contributed by atoms with E-state index >= 15 is 0 Å². The van der Waals surface area contributed by atoms with Crippen LogP contribution in [0.25, 0.3) is 22.4 Å². The predicted octanol–water partition coefficient (Wildman–Crippen LogP) is 7.61. The summed E-state index contributed by atoms with van der Waals surface area (Å²) < 4.78 is 0. The SMILES string of the molecule is N#Cc1c(-c2ccc(Cl)cc2)cc(-c2ccccc2)nc1SCC1CCCCC1. The van der Waals surface area contributed by atoms with Crippen LogP contribution in [0.15, 0.2) is 65.7 Å². The Morgan fingerprint density at radius 2 is 1.69 bits per heavy atom. The molecule has 0 bridgehead atoms. The van der Waals surface area contributed by atoms with Crippen LogP contribution in [-0.2, 0) is 0 Å². The van der Waals surface area contributed by atoms with Crippen molar-refractivity contribution in [3.05, 3.63) is 71.2 Å². The fourth-order valence-corrected chi connectivity index (χ4v) is 5.21. The number of pyridine rings is 1. The number of benzene rings is 2. The highest BCUT2D eigenvalue weighted by Crippen LogP contribution is 2.36. The first-order valence-corrected chi connectivity index (χ1v) is 11.5. The molecule has 1 saturated carbocycles. The summed E-state index contributed by atoms with van der Waals surface area (Å²) in [4.78, 5) is 4.92. The van der Waals surface area contributed by atoms with E-state index in [0.29, 0.717) is 10.6 Å². The topological polar surface area (TPSA) is 36.7 Å². The number of rotatable bonds is 5. The molecule has 1 heterocycles. The number of thioether (sulfide) groups is 1. The summed E-state index contributed by atoms with van der Waals surface area (Å²) in [7, 11) is 0. The summed E-state index contributed by atoms with van der Waals surface area (Å²) in [6.45, 7) is 0. The number of nitrogens with zero attached hydrogens (tertiary/aromatic N) is 2. The quantitative estimate of drug-likeness (QED) is 0.400. The van der Waals surface area contributed by atoms with E-state index < -0.39 is 0 Å². The molecule has 0 N–H and O–H groups in total. The van der Waals surface area contributed by atoms with Gasteiger partial charge in [0.15, 0.2) is 0 Å². The van der Waals surface area contributed by atoms with Gasteiger partial charge in [-0.3, -0.25) is 0 Å². The second-order valence-corrected chi connectivity index (χ2v) is 8.98. The lowest BCUT2D eigenvalue weighted by Crippen LogP contribution is -2.09. The Bertz CT molecular complexity index is 1000. The second kappa shape index (κ2) is 9.48. The van der Waals surface area contributed by atoms with E-state index in [-0.39, 0.29) is 0 Å². The van der Waals surface area contributed by atoms with Gasteiger partial charge < -0.3 is 0 Å². The largest absolute Gasteiger partial charge is 0.240 e. The van der Waals surface area contributed by atoms with Crippen molar-refractivity contribution in [3.8, 4) is 28.5 Å². The van der Waals surface area contributed by atoms with E-state index in [1.165, 1.54) is 32.1 Å². The van der Waals surface area contributed by atoms with Crippen LogP contribution in [0.1, 0.15) is 37.7 Å². The van der Waals surface area contributed by atoms with Gasteiger partial charge in [0, 0.05) is 21.9 Å². The molecule has 0 unspecified atom stereocenters. The van der Waals surface area contributed by atoms with Crippen molar-refractivity contribution in [2.45, 2.75) is 37.1 Å². The third-order valence-corrected chi connectivity index (χ3v) is 6.96. The smallest absolute Gasteiger partial charge is 0.115 e. The maximum atomic E-state index is 9.98. The molecule has 2 aromatic carbocycles. The van der Waals surface area contributed by atoms with Crippen LogP contribution in [0, 0.1) is 17.2 Å². The Hall–Kier alpha value is -2.28. The van der Waals surface area contributed by atoms with Crippen LogP contribution in [0.3, 0.4) is 0 Å². The first-order valence-electron chi connectivity index (χ1n) is 10.1. The van der Waals surface area contributed by atoms with Crippen LogP contribution >= 0.6 is 23.4 Å². The summed E-state index contributed by atoms with van der Waals surface area (Å²) >= 11 is 7.82. The van der Waals surface area contributed by atoms with Gasteiger partial charge in [-0.2, -0.15) is 5.26 Å². The summed E-state index contributed by atoms with van der Waals surface area (Å²) in [6.07, 6.45) is 6.58. The van der Waals surface area contributed by atoms with Gasteiger partial charge in [0.05, 0.1) is 11.3 Å². The molecule has 4 heteroatoms. The number of hydrogen-bond donors (Lipinski definition) is 0. The van der Waals surface area contributed by atoms with Crippen LogP contribution in [0.4, 0.5) is 0 Å². The van der Waals surface area contributed by atoms with Crippen molar-refractivity contribution >= 4 is 23.4 Å². The Kier molecular flexibility index (Phi) is 6.54. The first kappa shape index (κ1) is 20.0. The van der Waals surface area contributed by atoms with Gasteiger partial charge in [-0.05, 0) is 42.5 Å². The summed E-state index contributed by atoms with van der Waals surface area (Å²) in [6, 6.07) is 22.3.